The van der Waals surface area contributed by atoms with Crippen molar-refractivity contribution in [1.82, 2.24) is 0 Å². The molecule has 1 N–H and O–H groups in total. The monoisotopic (exact) mass is 407 g/mol. The lowest BCUT2D eigenvalue weighted by molar-refractivity contribution is -0.137. The lowest BCUT2D eigenvalue weighted by Gasteiger charge is -2.16. The summed E-state index contributed by atoms with van der Waals surface area (Å²) in [6.45, 7) is 1.79. The second-order valence-corrected chi connectivity index (χ2v) is 7.72. The molecule has 3 aromatic rings. The summed E-state index contributed by atoms with van der Waals surface area (Å²) in [6.07, 6.45) is -4.63. The molecule has 0 heterocycles. The van der Waals surface area contributed by atoms with Crippen LogP contribution in [-0.4, -0.2) is 8.42 Å². The quantitative estimate of drug-likeness (QED) is 0.598. The predicted octanol–water partition coefficient (Wildman–Crippen LogP) is 5.61. The second-order valence-electron chi connectivity index (χ2n) is 6.04. The molecular formula is C20H16F3NO3S. The standard InChI is InChI=1S/C20H16F3NO3S/c1-14-7-10-17(11-8-14)28(25,26)24-18-13-15(20(21,22)23)9-12-19(18)27-16-5-3-2-4-6-16/h2-13,24H,1H3. The van der Waals surface area contributed by atoms with E-state index in [0.717, 1.165) is 17.7 Å². The highest BCUT2D eigenvalue weighted by Crippen LogP contribution is 2.37. The molecule has 0 radical (unpaired) electrons. The van der Waals surface area contributed by atoms with Crippen molar-refractivity contribution in [1.29, 1.82) is 0 Å². The summed E-state index contributed by atoms with van der Waals surface area (Å²) < 4.78 is 72.4. The Morgan fingerprint density at radius 2 is 1.54 bits per heavy atom. The van der Waals surface area contributed by atoms with Crippen LogP contribution in [0.4, 0.5) is 18.9 Å². The maximum Gasteiger partial charge on any atom is 0.416 e. The first-order valence-electron chi connectivity index (χ1n) is 8.19. The van der Waals surface area contributed by atoms with Crippen LogP contribution in [0.2, 0.25) is 0 Å². The molecule has 0 amide bonds. The Balaban J connectivity index is 2.01. The third kappa shape index (κ3) is 4.64. The van der Waals surface area contributed by atoms with Gasteiger partial charge in [0.25, 0.3) is 10.0 Å². The van der Waals surface area contributed by atoms with Gasteiger partial charge in [0.2, 0.25) is 0 Å². The third-order valence-corrected chi connectivity index (χ3v) is 5.23. The Morgan fingerprint density at radius 3 is 2.14 bits per heavy atom. The number of alkyl halides is 3. The van der Waals surface area contributed by atoms with Crippen molar-refractivity contribution in [2.75, 3.05) is 4.72 Å². The number of anilines is 1. The summed E-state index contributed by atoms with van der Waals surface area (Å²) in [5.41, 5.74) is -0.445. The number of ether oxygens (including phenoxy) is 1. The first-order valence-corrected chi connectivity index (χ1v) is 9.67. The molecule has 146 valence electrons. The SMILES string of the molecule is Cc1ccc(S(=O)(=O)Nc2cc(C(F)(F)F)ccc2Oc2ccccc2)cc1. The summed E-state index contributed by atoms with van der Waals surface area (Å²) in [6, 6.07) is 16.9. The number of hydrogen-bond acceptors (Lipinski definition) is 3. The van der Waals surface area contributed by atoms with Crippen molar-refractivity contribution in [3.05, 3.63) is 83.9 Å². The number of para-hydroxylation sites is 1. The molecule has 0 bridgehead atoms. The zero-order valence-electron chi connectivity index (χ0n) is 14.7. The highest BCUT2D eigenvalue weighted by Gasteiger charge is 2.32. The van der Waals surface area contributed by atoms with E-state index in [-0.39, 0.29) is 16.3 Å². The molecule has 8 heteroatoms. The van der Waals surface area contributed by atoms with Crippen molar-refractivity contribution in [3.63, 3.8) is 0 Å². The van der Waals surface area contributed by atoms with Gasteiger partial charge in [0.05, 0.1) is 16.1 Å². The van der Waals surface area contributed by atoms with Crippen LogP contribution in [0.3, 0.4) is 0 Å². The number of sulfonamides is 1. The van der Waals surface area contributed by atoms with E-state index in [1.807, 2.05) is 0 Å². The van der Waals surface area contributed by atoms with E-state index in [9.17, 15) is 21.6 Å². The van der Waals surface area contributed by atoms with Gasteiger partial charge >= 0.3 is 6.18 Å². The number of hydrogen-bond donors (Lipinski definition) is 1. The Hall–Kier alpha value is -3.00. The first kappa shape index (κ1) is 19.8. The largest absolute Gasteiger partial charge is 0.455 e. The average Bonchev–Trinajstić information content (AvgIpc) is 2.63. The summed E-state index contributed by atoms with van der Waals surface area (Å²) in [7, 11) is -4.10. The summed E-state index contributed by atoms with van der Waals surface area (Å²) in [4.78, 5) is -0.0684. The van der Waals surface area contributed by atoms with Crippen molar-refractivity contribution in [2.45, 2.75) is 18.0 Å². The van der Waals surface area contributed by atoms with Crippen molar-refractivity contribution in [2.24, 2.45) is 0 Å². The molecule has 3 aromatic carbocycles. The minimum Gasteiger partial charge on any atom is -0.455 e. The molecule has 0 saturated carbocycles. The van der Waals surface area contributed by atoms with Gasteiger partial charge in [-0.1, -0.05) is 35.9 Å². The summed E-state index contributed by atoms with van der Waals surface area (Å²) >= 11 is 0. The van der Waals surface area contributed by atoms with E-state index in [4.69, 9.17) is 4.74 Å². The fourth-order valence-electron chi connectivity index (χ4n) is 2.41. The highest BCUT2D eigenvalue weighted by molar-refractivity contribution is 7.92. The van der Waals surface area contributed by atoms with Crippen molar-refractivity contribution < 1.29 is 26.3 Å². The van der Waals surface area contributed by atoms with Crippen LogP contribution in [0, 0.1) is 6.92 Å². The van der Waals surface area contributed by atoms with Crippen LogP contribution in [0.15, 0.2) is 77.7 Å². The molecule has 3 rings (SSSR count). The molecule has 0 aromatic heterocycles. The van der Waals surface area contributed by atoms with Crippen molar-refractivity contribution >= 4 is 15.7 Å². The Morgan fingerprint density at radius 1 is 0.893 bits per heavy atom. The molecule has 0 fully saturated rings. The molecule has 28 heavy (non-hydrogen) atoms. The van der Waals surface area contributed by atoms with Gasteiger partial charge in [-0.05, 0) is 49.4 Å². The van der Waals surface area contributed by atoms with Crippen LogP contribution in [0.1, 0.15) is 11.1 Å². The summed E-state index contributed by atoms with van der Waals surface area (Å²) in [5.74, 6) is 0.313. The zero-order valence-corrected chi connectivity index (χ0v) is 15.5. The Labute approximate surface area is 160 Å². The van der Waals surface area contributed by atoms with Crippen molar-refractivity contribution in [3.8, 4) is 11.5 Å². The molecule has 0 atom stereocenters. The molecule has 0 unspecified atom stereocenters. The molecule has 0 aliphatic carbocycles. The van der Waals surface area contributed by atoms with Gasteiger partial charge in [0.1, 0.15) is 5.75 Å². The molecule has 0 saturated heterocycles. The number of benzene rings is 3. The predicted molar refractivity (Wildman–Crippen MR) is 99.9 cm³/mol. The van der Waals surface area contributed by atoms with Gasteiger partial charge in [-0.15, -0.1) is 0 Å². The summed E-state index contributed by atoms with van der Waals surface area (Å²) in [5, 5.41) is 0. The van der Waals surface area contributed by atoms with E-state index in [1.165, 1.54) is 12.1 Å². The van der Waals surface area contributed by atoms with Gasteiger partial charge in [-0.25, -0.2) is 8.42 Å². The first-order chi connectivity index (χ1) is 13.1. The normalized spacial score (nSPS) is 11.9. The molecule has 0 aliphatic heterocycles. The number of rotatable bonds is 5. The van der Waals surface area contributed by atoms with Gasteiger partial charge in [0, 0.05) is 0 Å². The fraction of sp³-hybridized carbons (Fsp3) is 0.100. The zero-order chi connectivity index (χ0) is 20.4. The third-order valence-electron chi connectivity index (χ3n) is 3.85. The Bertz CT molecular complexity index is 1060. The lowest BCUT2D eigenvalue weighted by atomic mass is 10.2. The van der Waals surface area contributed by atoms with E-state index in [2.05, 4.69) is 4.72 Å². The van der Waals surface area contributed by atoms with Crippen LogP contribution in [0.25, 0.3) is 0 Å². The van der Waals surface area contributed by atoms with Crippen LogP contribution >= 0.6 is 0 Å². The van der Waals surface area contributed by atoms with Gasteiger partial charge in [-0.3, -0.25) is 4.72 Å². The number of halogens is 3. The van der Waals surface area contributed by atoms with E-state index < -0.39 is 21.8 Å². The highest BCUT2D eigenvalue weighted by atomic mass is 32.2. The van der Waals surface area contributed by atoms with Crippen LogP contribution in [0.5, 0.6) is 11.5 Å². The van der Waals surface area contributed by atoms with E-state index >= 15 is 0 Å². The molecular weight excluding hydrogens is 391 g/mol. The maximum absolute atomic E-state index is 13.1. The molecule has 0 aliphatic rings. The van der Waals surface area contributed by atoms with Crippen LogP contribution < -0.4 is 9.46 Å². The minimum absolute atomic E-state index is 0.0464. The molecule has 4 nitrogen and oxygen atoms in total. The maximum atomic E-state index is 13.1. The number of nitrogens with one attached hydrogen (secondary N) is 1. The van der Waals surface area contributed by atoms with E-state index in [1.54, 1.807) is 49.4 Å². The van der Waals surface area contributed by atoms with Gasteiger partial charge < -0.3 is 4.74 Å². The van der Waals surface area contributed by atoms with Crippen LogP contribution in [-0.2, 0) is 16.2 Å². The van der Waals surface area contributed by atoms with E-state index in [0.29, 0.717) is 11.8 Å². The second kappa shape index (κ2) is 7.55. The lowest BCUT2D eigenvalue weighted by Crippen LogP contribution is -2.15. The minimum atomic E-state index is -4.63. The fourth-order valence-corrected chi connectivity index (χ4v) is 3.47. The molecule has 0 spiro atoms. The van der Waals surface area contributed by atoms with Gasteiger partial charge in [-0.2, -0.15) is 13.2 Å². The Kier molecular flexibility index (Phi) is 5.33. The smallest absolute Gasteiger partial charge is 0.416 e. The average molecular weight is 407 g/mol. The number of aryl methyl sites for hydroxylation is 1. The van der Waals surface area contributed by atoms with Gasteiger partial charge in [0.15, 0.2) is 5.75 Å². The topological polar surface area (TPSA) is 55.4 Å².